The first-order valence-corrected chi connectivity index (χ1v) is 17.9. The van der Waals surface area contributed by atoms with Crippen LogP contribution in [0, 0.1) is 10.8 Å². The zero-order valence-corrected chi connectivity index (χ0v) is 33.1. The van der Waals surface area contributed by atoms with Gasteiger partial charge < -0.3 is 9.47 Å². The summed E-state index contributed by atoms with van der Waals surface area (Å²) in [6.07, 6.45) is 8.43. The lowest BCUT2D eigenvalue weighted by Crippen LogP contribution is -2.21. The maximum absolute atomic E-state index is 6.82. The van der Waals surface area contributed by atoms with Crippen molar-refractivity contribution in [1.82, 2.24) is 0 Å². The fourth-order valence-corrected chi connectivity index (χ4v) is 5.77. The summed E-state index contributed by atoms with van der Waals surface area (Å²) in [5.74, 6) is 2.16. The second kappa shape index (κ2) is 15.6. The molecule has 0 radical (unpaired) electrons. The van der Waals surface area contributed by atoms with Crippen molar-refractivity contribution in [2.45, 2.75) is 160 Å². The minimum absolute atomic E-state index is 0.0474. The summed E-state index contributed by atoms with van der Waals surface area (Å²) in [6.45, 7) is 40.2. The lowest BCUT2D eigenvalue weighted by Gasteiger charge is -2.32. The van der Waals surface area contributed by atoms with Crippen LogP contribution in [0.4, 0.5) is 0 Å². The Hall–Kier alpha value is -2.48. The maximum atomic E-state index is 6.82. The van der Waals surface area contributed by atoms with Crippen molar-refractivity contribution in [1.29, 1.82) is 0 Å². The molecule has 258 valence electrons. The van der Waals surface area contributed by atoms with Crippen LogP contribution in [0.2, 0.25) is 0 Å². The summed E-state index contributed by atoms with van der Waals surface area (Å²) < 4.78 is 13.6. The van der Waals surface area contributed by atoms with Gasteiger partial charge in [-0.3, -0.25) is 0 Å². The number of ether oxygens (including phenoxy) is 2. The molecule has 0 spiro atoms. The van der Waals surface area contributed by atoms with Crippen LogP contribution in [0.5, 0.6) is 11.5 Å². The van der Waals surface area contributed by atoms with E-state index in [2.05, 4.69) is 154 Å². The van der Waals surface area contributed by atoms with Gasteiger partial charge in [0.1, 0.15) is 24.7 Å². The Morgan fingerprint density at radius 1 is 0.587 bits per heavy atom. The summed E-state index contributed by atoms with van der Waals surface area (Å²) in [4.78, 5) is 0. The van der Waals surface area contributed by atoms with E-state index in [-0.39, 0.29) is 27.6 Å². The molecule has 0 aliphatic heterocycles. The fourth-order valence-electron chi connectivity index (χ4n) is 5.77. The second-order valence-electron chi connectivity index (χ2n) is 18.0. The van der Waals surface area contributed by atoms with Crippen LogP contribution >= 0.6 is 0 Å². The molecule has 46 heavy (non-hydrogen) atoms. The van der Waals surface area contributed by atoms with Crippen molar-refractivity contribution < 1.29 is 9.47 Å². The van der Waals surface area contributed by atoms with Crippen molar-refractivity contribution in [3.63, 3.8) is 0 Å². The van der Waals surface area contributed by atoms with E-state index in [0.29, 0.717) is 13.2 Å². The normalized spacial score (nSPS) is 12.7. The molecule has 0 aromatic heterocycles. The number of benzene rings is 2. The van der Waals surface area contributed by atoms with Crippen LogP contribution in [0.1, 0.15) is 170 Å². The van der Waals surface area contributed by atoms with Gasteiger partial charge in [0.05, 0.1) is 0 Å². The molecule has 0 N–H and O–H groups in total. The average molecular weight is 631 g/mol. The molecular formula is C44H70O2. The quantitative estimate of drug-likeness (QED) is 0.193. The molecular weight excluding hydrogens is 560 g/mol. The Morgan fingerprint density at radius 2 is 0.913 bits per heavy atom. The van der Waals surface area contributed by atoms with Crippen LogP contribution < -0.4 is 9.47 Å². The first kappa shape index (κ1) is 39.7. The summed E-state index contributed by atoms with van der Waals surface area (Å²) in [6, 6.07) is 9.80. The summed E-state index contributed by atoms with van der Waals surface area (Å²) in [5.41, 5.74) is 10.8. The Bertz CT molecular complexity index is 1250. The van der Waals surface area contributed by atoms with Gasteiger partial charge in [-0.05, 0) is 109 Å². The van der Waals surface area contributed by atoms with E-state index < -0.39 is 0 Å². The number of rotatable bonds is 14. The van der Waals surface area contributed by atoms with Gasteiger partial charge in [-0.1, -0.05) is 125 Å². The van der Waals surface area contributed by atoms with E-state index in [4.69, 9.17) is 9.47 Å². The molecule has 2 rings (SSSR count). The van der Waals surface area contributed by atoms with Gasteiger partial charge in [0.15, 0.2) is 0 Å². The Kier molecular flexibility index (Phi) is 13.5. The van der Waals surface area contributed by atoms with Crippen molar-refractivity contribution in [3.8, 4) is 11.5 Å². The zero-order chi connectivity index (χ0) is 35.3. The lowest BCUT2D eigenvalue weighted by molar-refractivity contribution is 0.334. The third kappa shape index (κ3) is 11.3. The first-order chi connectivity index (χ1) is 21.0. The molecule has 0 heterocycles. The minimum atomic E-state index is 0.0474. The smallest absolute Gasteiger partial charge is 0.126 e. The number of hydrogen-bond donors (Lipinski definition) is 0. The highest BCUT2D eigenvalue weighted by Gasteiger charge is 2.31. The fraction of sp³-hybridized carbons (Fsp3) is 0.636. The molecule has 2 aromatic carbocycles. The molecule has 0 aliphatic carbocycles. The zero-order valence-electron chi connectivity index (χ0n) is 33.1. The van der Waals surface area contributed by atoms with E-state index in [9.17, 15) is 0 Å². The highest BCUT2D eigenvalue weighted by Crippen LogP contribution is 2.46. The Labute approximate surface area is 285 Å². The second-order valence-corrected chi connectivity index (χ2v) is 18.0. The molecule has 0 bridgehead atoms. The standard InChI is InChI=1S/C44H70O2/c1-18-43(14,15)35-24-33(28-41(8,9)10)39(45-22-20-30(3)4)37(26-35)32(7)38-27-36(44(16,17)19-2)25-34(29-42(11,12)13)40(38)46-23-21-31(5)6/h20-21,24-27,32H,18-19,22-23,28-29H2,1-17H3. The number of hydrogen-bond acceptors (Lipinski definition) is 2. The van der Waals surface area contributed by atoms with E-state index in [1.54, 1.807) is 0 Å². The molecule has 0 fully saturated rings. The maximum Gasteiger partial charge on any atom is 0.126 e. The monoisotopic (exact) mass is 631 g/mol. The van der Waals surface area contributed by atoms with E-state index in [0.717, 1.165) is 37.2 Å². The van der Waals surface area contributed by atoms with Crippen LogP contribution in [-0.4, -0.2) is 13.2 Å². The van der Waals surface area contributed by atoms with Gasteiger partial charge in [0.2, 0.25) is 0 Å². The van der Waals surface area contributed by atoms with Gasteiger partial charge in [0, 0.05) is 17.0 Å². The SMILES string of the molecule is CCC(C)(C)c1cc(CC(C)(C)C)c(OCC=C(C)C)c(C(C)c2cc(C(C)(C)CC)cc(CC(C)(C)C)c2OCC=C(C)C)c1. The minimum Gasteiger partial charge on any atom is -0.489 e. The lowest BCUT2D eigenvalue weighted by atomic mass is 9.75. The molecule has 0 unspecified atom stereocenters. The van der Waals surface area contributed by atoms with E-state index in [1.807, 2.05) is 0 Å². The van der Waals surface area contributed by atoms with Crippen LogP contribution in [0.15, 0.2) is 47.6 Å². The van der Waals surface area contributed by atoms with Crippen molar-refractivity contribution in [2.75, 3.05) is 13.2 Å². The van der Waals surface area contributed by atoms with Gasteiger partial charge in [-0.25, -0.2) is 0 Å². The van der Waals surface area contributed by atoms with Gasteiger partial charge >= 0.3 is 0 Å². The molecule has 0 saturated heterocycles. The summed E-state index contributed by atoms with van der Waals surface area (Å²) in [5, 5.41) is 0. The van der Waals surface area contributed by atoms with Gasteiger partial charge in [-0.15, -0.1) is 0 Å². The summed E-state index contributed by atoms with van der Waals surface area (Å²) >= 11 is 0. The Morgan fingerprint density at radius 3 is 1.17 bits per heavy atom. The predicted octanol–water partition coefficient (Wildman–Crippen LogP) is 13.1. The van der Waals surface area contributed by atoms with E-state index in [1.165, 1.54) is 44.5 Å². The van der Waals surface area contributed by atoms with Crippen LogP contribution in [0.25, 0.3) is 0 Å². The Balaban J connectivity index is 3.09. The third-order valence-corrected chi connectivity index (χ3v) is 9.53. The summed E-state index contributed by atoms with van der Waals surface area (Å²) in [7, 11) is 0. The van der Waals surface area contributed by atoms with Crippen LogP contribution in [0.3, 0.4) is 0 Å². The molecule has 2 aromatic rings. The van der Waals surface area contributed by atoms with Crippen molar-refractivity contribution in [3.05, 3.63) is 80.9 Å². The number of allylic oxidation sites excluding steroid dienone is 2. The third-order valence-electron chi connectivity index (χ3n) is 9.53. The predicted molar refractivity (Wildman–Crippen MR) is 203 cm³/mol. The molecule has 0 saturated carbocycles. The molecule has 2 nitrogen and oxygen atoms in total. The van der Waals surface area contributed by atoms with Gasteiger partial charge in [0.25, 0.3) is 0 Å². The first-order valence-electron chi connectivity index (χ1n) is 17.9. The van der Waals surface area contributed by atoms with Crippen LogP contribution in [-0.2, 0) is 23.7 Å². The van der Waals surface area contributed by atoms with E-state index >= 15 is 0 Å². The van der Waals surface area contributed by atoms with Crippen molar-refractivity contribution in [2.24, 2.45) is 10.8 Å². The molecule has 0 aliphatic rings. The largest absolute Gasteiger partial charge is 0.489 e. The highest BCUT2D eigenvalue weighted by atomic mass is 16.5. The molecule has 0 atom stereocenters. The molecule has 2 heteroatoms. The van der Waals surface area contributed by atoms with Gasteiger partial charge in [-0.2, -0.15) is 0 Å². The topological polar surface area (TPSA) is 18.5 Å². The van der Waals surface area contributed by atoms with Crippen molar-refractivity contribution >= 4 is 0 Å². The molecule has 0 amide bonds. The average Bonchev–Trinajstić information content (AvgIpc) is 2.91. The highest BCUT2D eigenvalue weighted by molar-refractivity contribution is 5.56.